The Kier molecular flexibility index (Phi) is 6.07. The first-order chi connectivity index (χ1) is 19.4. The van der Waals surface area contributed by atoms with E-state index in [0.717, 1.165) is 0 Å². The first kappa shape index (κ1) is 27.1. The summed E-state index contributed by atoms with van der Waals surface area (Å²) >= 11 is 1.18. The lowest BCUT2D eigenvalue weighted by Crippen LogP contribution is -2.72. The summed E-state index contributed by atoms with van der Waals surface area (Å²) in [5.41, 5.74) is 3.24. The number of aromatic nitrogens is 1. The molecule has 3 aliphatic carbocycles. The van der Waals surface area contributed by atoms with E-state index >= 15 is 0 Å². The summed E-state index contributed by atoms with van der Waals surface area (Å²) in [5.74, 6) is -13.9. The second-order valence-corrected chi connectivity index (χ2v) is 11.8. The quantitative estimate of drug-likeness (QED) is 0.336. The van der Waals surface area contributed by atoms with Gasteiger partial charge in [0.25, 0.3) is 0 Å². The number of ketones is 4. The van der Waals surface area contributed by atoms with Gasteiger partial charge >= 0.3 is 0 Å². The van der Waals surface area contributed by atoms with E-state index in [1.807, 2.05) is 0 Å². The van der Waals surface area contributed by atoms with Gasteiger partial charge in [-0.1, -0.05) is 25.1 Å². The van der Waals surface area contributed by atoms with Crippen LogP contribution in [0.1, 0.15) is 35.2 Å². The number of aliphatic hydroxyl groups excluding tert-OH is 1. The molecular formula is C29H23FN2O8S. The van der Waals surface area contributed by atoms with Gasteiger partial charge in [0.2, 0.25) is 5.91 Å². The molecule has 0 aliphatic heterocycles. The highest BCUT2D eigenvalue weighted by Gasteiger charge is 2.69. The number of aliphatic hydroxyl groups is 2. The Hall–Kier alpha value is -4.13. The van der Waals surface area contributed by atoms with Gasteiger partial charge in [0.1, 0.15) is 16.6 Å². The van der Waals surface area contributed by atoms with Crippen LogP contribution in [-0.2, 0) is 19.2 Å². The largest absolute Gasteiger partial charge is 0.506 e. The van der Waals surface area contributed by atoms with Crippen molar-refractivity contribution in [3.05, 3.63) is 59.5 Å². The third-order valence-corrected chi connectivity index (χ3v) is 9.80. The molecule has 1 amide bonds. The number of carbonyl (C=O) groups is 5. The smallest absolute Gasteiger partial charge is 0.235 e. The first-order valence-electron chi connectivity index (χ1n) is 12.8. The molecule has 1 heterocycles. The molecule has 0 bridgehead atoms. The van der Waals surface area contributed by atoms with E-state index in [2.05, 4.69) is 4.98 Å². The van der Waals surface area contributed by atoms with Crippen molar-refractivity contribution in [1.29, 1.82) is 0 Å². The number of hydrogen-bond donors (Lipinski definition) is 4. The van der Waals surface area contributed by atoms with Crippen LogP contribution in [0.15, 0.2) is 42.6 Å². The second kappa shape index (κ2) is 9.20. The van der Waals surface area contributed by atoms with E-state index in [1.165, 1.54) is 29.7 Å². The first-order valence-corrected chi connectivity index (χ1v) is 13.6. The molecule has 3 aliphatic rings. The van der Waals surface area contributed by atoms with Crippen molar-refractivity contribution in [3.8, 4) is 26.8 Å². The molecule has 41 heavy (non-hydrogen) atoms. The number of nitrogens with zero attached hydrogens (tertiary/aromatic N) is 1. The van der Waals surface area contributed by atoms with Crippen LogP contribution in [0.3, 0.4) is 0 Å². The van der Waals surface area contributed by atoms with Gasteiger partial charge in [-0.15, -0.1) is 11.3 Å². The minimum atomic E-state index is -2.98. The number of thiazole rings is 1. The maximum absolute atomic E-state index is 13.9. The zero-order chi connectivity index (χ0) is 29.5. The number of benzene rings is 2. The lowest BCUT2D eigenvalue weighted by molar-refractivity contribution is -0.189. The molecule has 7 atom stereocenters. The number of phenolic OH excluding ortho intramolecular Hbond substituents is 1. The van der Waals surface area contributed by atoms with E-state index in [0.29, 0.717) is 21.0 Å². The maximum Gasteiger partial charge on any atom is 0.235 e. The van der Waals surface area contributed by atoms with Crippen molar-refractivity contribution < 1.29 is 43.7 Å². The van der Waals surface area contributed by atoms with Crippen LogP contribution in [-0.4, -0.2) is 61.0 Å². The molecule has 2 aromatic carbocycles. The van der Waals surface area contributed by atoms with Crippen LogP contribution in [0.5, 0.6) is 5.75 Å². The highest BCUT2D eigenvalue weighted by molar-refractivity contribution is 7.18. The lowest BCUT2D eigenvalue weighted by atomic mass is 9.50. The molecule has 5 N–H and O–H groups in total. The van der Waals surface area contributed by atoms with Crippen molar-refractivity contribution in [2.75, 3.05) is 0 Å². The molecule has 1 aromatic heterocycles. The molecule has 2 saturated carbocycles. The Morgan fingerprint density at radius 3 is 2.44 bits per heavy atom. The minimum Gasteiger partial charge on any atom is -0.506 e. The number of phenols is 1. The van der Waals surface area contributed by atoms with Gasteiger partial charge in [-0.05, 0) is 35.2 Å². The molecule has 0 saturated heterocycles. The fourth-order valence-electron chi connectivity index (χ4n) is 6.67. The summed E-state index contributed by atoms with van der Waals surface area (Å²) in [6.45, 7) is 1.64. The average Bonchev–Trinajstić information content (AvgIpc) is 3.41. The molecule has 2 unspecified atom stereocenters. The van der Waals surface area contributed by atoms with E-state index < -0.39 is 88.3 Å². The van der Waals surface area contributed by atoms with Crippen molar-refractivity contribution in [2.24, 2.45) is 29.4 Å². The number of rotatable bonds is 3. The molecular weight excluding hydrogens is 555 g/mol. The normalized spacial score (nSPS) is 30.9. The average molecular weight is 579 g/mol. The molecule has 210 valence electrons. The van der Waals surface area contributed by atoms with Gasteiger partial charge < -0.3 is 21.1 Å². The second-order valence-electron chi connectivity index (χ2n) is 10.8. The Morgan fingerprint density at radius 1 is 1.10 bits per heavy atom. The number of primary amides is 1. The molecule has 10 nitrogen and oxygen atoms in total. The molecule has 3 aromatic rings. The SMILES string of the molecule is C[C@H]1c2ccc(-c3ncc(-c4ccc(F)cc4)s3)c(O)c2C(=O)C2C(=O)[C@]3(O)C(=O)C(C(N)=O)C(=O)C[C@@H]3[C@@H](O)[C@@H]21. The van der Waals surface area contributed by atoms with Crippen LogP contribution in [0.25, 0.3) is 21.0 Å². The zero-order valence-corrected chi connectivity index (χ0v) is 22.2. The highest BCUT2D eigenvalue weighted by atomic mass is 32.1. The van der Waals surface area contributed by atoms with E-state index in [1.54, 1.807) is 31.2 Å². The van der Waals surface area contributed by atoms with E-state index in [4.69, 9.17) is 5.73 Å². The minimum absolute atomic E-state index is 0.189. The third kappa shape index (κ3) is 3.67. The highest BCUT2D eigenvalue weighted by Crippen LogP contribution is 2.55. The van der Waals surface area contributed by atoms with Crippen LogP contribution in [0.4, 0.5) is 4.39 Å². The number of nitrogens with two attached hydrogens (primary N) is 1. The number of halogens is 1. The molecule has 2 fully saturated rings. The summed E-state index contributed by atoms with van der Waals surface area (Å²) in [7, 11) is 0. The van der Waals surface area contributed by atoms with E-state index in [-0.39, 0.29) is 11.1 Å². The molecule has 12 heteroatoms. The summed E-state index contributed by atoms with van der Waals surface area (Å²) in [6.07, 6.45) is -0.741. The number of carbonyl (C=O) groups excluding carboxylic acids is 5. The van der Waals surface area contributed by atoms with Gasteiger partial charge in [0.05, 0.1) is 28.0 Å². The Balaban J connectivity index is 1.43. The van der Waals surface area contributed by atoms with E-state index in [9.17, 15) is 43.7 Å². The Labute approximate surface area is 235 Å². The van der Waals surface area contributed by atoms with Crippen molar-refractivity contribution in [3.63, 3.8) is 0 Å². The predicted molar refractivity (Wildman–Crippen MR) is 141 cm³/mol. The van der Waals surface area contributed by atoms with Crippen LogP contribution < -0.4 is 5.73 Å². The molecule has 0 radical (unpaired) electrons. The number of hydrogen-bond acceptors (Lipinski definition) is 10. The monoisotopic (exact) mass is 578 g/mol. The summed E-state index contributed by atoms with van der Waals surface area (Å²) in [4.78, 5) is 70.2. The Bertz CT molecular complexity index is 1680. The standard InChI is InChI=1S/C29H23FN2O8S/c1-10-13-6-7-14(28-32-9-17(41-28)11-2-4-12(30)5-3-11)22(34)19(13)24(36)21-18(10)23(35)15-8-16(33)20(27(31)39)25(37)29(15,40)26(21)38/h2-7,9-10,15,18,20-21,23,34-35,40H,8H2,1H3,(H2,31,39)/t10-,15+,18+,20?,21?,23+,29+/m0/s1. The third-order valence-electron chi connectivity index (χ3n) is 8.72. The van der Waals surface area contributed by atoms with Crippen LogP contribution in [0.2, 0.25) is 0 Å². The van der Waals surface area contributed by atoms with Gasteiger partial charge in [-0.2, -0.15) is 0 Å². The summed E-state index contributed by atoms with van der Waals surface area (Å²) < 4.78 is 13.3. The Morgan fingerprint density at radius 2 is 1.78 bits per heavy atom. The van der Waals surface area contributed by atoms with Crippen molar-refractivity contribution in [2.45, 2.75) is 31.0 Å². The van der Waals surface area contributed by atoms with Crippen molar-refractivity contribution in [1.82, 2.24) is 4.98 Å². The summed E-state index contributed by atoms with van der Waals surface area (Å²) in [6, 6.07) is 8.89. The van der Waals surface area contributed by atoms with Gasteiger partial charge in [-0.3, -0.25) is 24.0 Å². The topological polar surface area (TPSA) is 185 Å². The molecule has 6 rings (SSSR count). The number of fused-ring (bicyclic) bond motifs is 3. The molecule has 0 spiro atoms. The number of Topliss-reactive ketones (excluding diaryl/α,β-unsaturated/α-hetero) is 4. The summed E-state index contributed by atoms with van der Waals surface area (Å²) in [5, 5.41) is 34.4. The van der Waals surface area contributed by atoms with Gasteiger partial charge in [0, 0.05) is 24.5 Å². The number of aromatic hydroxyl groups is 1. The zero-order valence-electron chi connectivity index (χ0n) is 21.4. The van der Waals surface area contributed by atoms with Gasteiger partial charge in [-0.25, -0.2) is 9.37 Å². The predicted octanol–water partition coefficient (Wildman–Crippen LogP) is 1.79. The van der Waals surface area contributed by atoms with Crippen LogP contribution in [0, 0.1) is 29.5 Å². The van der Waals surface area contributed by atoms with Crippen LogP contribution >= 0.6 is 11.3 Å². The lowest BCUT2D eigenvalue weighted by Gasteiger charge is -2.52. The number of amides is 1. The fraction of sp³-hybridized carbons (Fsp3) is 0.310. The maximum atomic E-state index is 13.9. The van der Waals surface area contributed by atoms with Crippen molar-refractivity contribution >= 4 is 40.4 Å². The fourth-order valence-corrected chi connectivity index (χ4v) is 7.62. The van der Waals surface area contributed by atoms with Gasteiger partial charge in [0.15, 0.2) is 34.7 Å².